The third-order valence-electron chi connectivity index (χ3n) is 3.45. The second-order valence-corrected chi connectivity index (χ2v) is 6.74. The zero-order chi connectivity index (χ0) is 15.2. The van der Waals surface area contributed by atoms with Crippen LogP contribution in [-0.4, -0.2) is 13.1 Å². The van der Waals surface area contributed by atoms with Gasteiger partial charge in [0.1, 0.15) is 0 Å². The number of benzene rings is 2. The molecule has 1 unspecified atom stereocenters. The minimum absolute atomic E-state index is 0.412. The van der Waals surface area contributed by atoms with Gasteiger partial charge in [-0.1, -0.05) is 64.3 Å². The van der Waals surface area contributed by atoms with Crippen LogP contribution >= 0.6 is 39.1 Å². The molecule has 0 bridgehead atoms. The van der Waals surface area contributed by atoms with Crippen molar-refractivity contribution in [3.05, 3.63) is 68.1 Å². The Morgan fingerprint density at radius 3 is 2.38 bits per heavy atom. The van der Waals surface area contributed by atoms with Crippen LogP contribution in [0.4, 0.5) is 0 Å². The van der Waals surface area contributed by atoms with E-state index in [2.05, 4.69) is 52.4 Å². The monoisotopic (exact) mass is 385 g/mol. The Morgan fingerprint density at radius 1 is 1.05 bits per heavy atom. The molecule has 0 saturated carbocycles. The van der Waals surface area contributed by atoms with Gasteiger partial charge in [0.25, 0.3) is 0 Å². The number of rotatable bonds is 6. The highest BCUT2D eigenvalue weighted by atomic mass is 79.9. The average molecular weight is 387 g/mol. The van der Waals surface area contributed by atoms with Crippen LogP contribution in [0.25, 0.3) is 0 Å². The molecule has 0 radical (unpaired) electrons. The van der Waals surface area contributed by atoms with Crippen molar-refractivity contribution in [2.75, 3.05) is 13.1 Å². The van der Waals surface area contributed by atoms with Gasteiger partial charge in [-0.2, -0.15) is 0 Å². The zero-order valence-electron chi connectivity index (χ0n) is 11.9. The first kappa shape index (κ1) is 16.8. The van der Waals surface area contributed by atoms with Gasteiger partial charge in [0.05, 0.1) is 10.0 Å². The van der Waals surface area contributed by atoms with Crippen LogP contribution < -0.4 is 5.32 Å². The Labute approximate surface area is 144 Å². The molecule has 0 amide bonds. The smallest absolute Gasteiger partial charge is 0.0595 e. The van der Waals surface area contributed by atoms with Crippen molar-refractivity contribution in [2.45, 2.75) is 19.3 Å². The van der Waals surface area contributed by atoms with Crippen LogP contribution in [-0.2, 0) is 6.42 Å². The average Bonchev–Trinajstić information content (AvgIpc) is 2.48. The number of halogens is 3. The minimum Gasteiger partial charge on any atom is -0.316 e. The molecule has 21 heavy (non-hydrogen) atoms. The maximum atomic E-state index is 6.11. The molecule has 0 heterocycles. The molecule has 0 aliphatic heterocycles. The Balaban J connectivity index is 2.19. The maximum absolute atomic E-state index is 6.11. The summed E-state index contributed by atoms with van der Waals surface area (Å²) in [6, 6.07) is 14.4. The SMILES string of the molecule is CCNCC(Cc1ccc(Cl)c(Cl)c1)c1ccc(Br)cc1. The Morgan fingerprint density at radius 2 is 1.76 bits per heavy atom. The number of nitrogens with one attached hydrogen (secondary N) is 1. The summed E-state index contributed by atoms with van der Waals surface area (Å²) in [4.78, 5) is 0. The van der Waals surface area contributed by atoms with Gasteiger partial charge in [0, 0.05) is 16.9 Å². The first-order valence-corrected chi connectivity index (χ1v) is 8.55. The molecule has 2 rings (SSSR count). The highest BCUT2D eigenvalue weighted by molar-refractivity contribution is 9.10. The van der Waals surface area contributed by atoms with Gasteiger partial charge in [0.15, 0.2) is 0 Å². The quantitative estimate of drug-likeness (QED) is 0.672. The largest absolute Gasteiger partial charge is 0.316 e. The van der Waals surface area contributed by atoms with Crippen molar-refractivity contribution in [3.63, 3.8) is 0 Å². The number of hydrogen-bond donors (Lipinski definition) is 1. The molecule has 0 spiro atoms. The molecule has 1 N–H and O–H groups in total. The fraction of sp³-hybridized carbons (Fsp3) is 0.294. The third-order valence-corrected chi connectivity index (χ3v) is 4.72. The predicted octanol–water partition coefficient (Wildman–Crippen LogP) is 5.69. The van der Waals surface area contributed by atoms with Crippen molar-refractivity contribution >= 4 is 39.1 Å². The molecule has 2 aromatic carbocycles. The van der Waals surface area contributed by atoms with Crippen LogP contribution in [0.3, 0.4) is 0 Å². The predicted molar refractivity (Wildman–Crippen MR) is 95.6 cm³/mol. The molecular weight excluding hydrogens is 369 g/mol. The molecule has 0 fully saturated rings. The molecule has 1 atom stereocenters. The van der Waals surface area contributed by atoms with Crippen molar-refractivity contribution in [2.24, 2.45) is 0 Å². The molecule has 4 heteroatoms. The van der Waals surface area contributed by atoms with E-state index in [0.29, 0.717) is 16.0 Å². The summed E-state index contributed by atoms with van der Waals surface area (Å²) in [6.07, 6.45) is 0.936. The highest BCUT2D eigenvalue weighted by Crippen LogP contribution is 2.27. The second kappa shape index (κ2) is 8.19. The number of hydrogen-bond acceptors (Lipinski definition) is 1. The molecule has 112 valence electrons. The lowest BCUT2D eigenvalue weighted by molar-refractivity contribution is 0.595. The molecule has 0 aliphatic carbocycles. The molecular formula is C17H18BrCl2N. The summed E-state index contributed by atoms with van der Waals surface area (Å²) >= 11 is 15.6. The lowest BCUT2D eigenvalue weighted by Crippen LogP contribution is -2.22. The lowest BCUT2D eigenvalue weighted by atomic mass is 9.92. The first-order valence-electron chi connectivity index (χ1n) is 7.00. The van der Waals surface area contributed by atoms with Gasteiger partial charge in [-0.25, -0.2) is 0 Å². The van der Waals surface area contributed by atoms with Crippen molar-refractivity contribution in [1.82, 2.24) is 5.32 Å². The molecule has 0 saturated heterocycles. The van der Waals surface area contributed by atoms with E-state index in [0.717, 1.165) is 24.0 Å². The zero-order valence-corrected chi connectivity index (χ0v) is 15.0. The summed E-state index contributed by atoms with van der Waals surface area (Å²) in [5.74, 6) is 0.412. The van der Waals surface area contributed by atoms with Gasteiger partial charge < -0.3 is 5.32 Å². The van der Waals surface area contributed by atoms with E-state index >= 15 is 0 Å². The van der Waals surface area contributed by atoms with E-state index in [9.17, 15) is 0 Å². The van der Waals surface area contributed by atoms with Crippen molar-refractivity contribution in [1.29, 1.82) is 0 Å². The van der Waals surface area contributed by atoms with Crippen LogP contribution in [0.5, 0.6) is 0 Å². The van der Waals surface area contributed by atoms with Gasteiger partial charge in [-0.3, -0.25) is 0 Å². The topological polar surface area (TPSA) is 12.0 Å². The second-order valence-electron chi connectivity index (χ2n) is 5.01. The Hall–Kier alpha value is -0.540. The Kier molecular flexibility index (Phi) is 6.56. The molecule has 2 aromatic rings. The molecule has 0 aliphatic rings. The fourth-order valence-electron chi connectivity index (χ4n) is 2.31. The van der Waals surface area contributed by atoms with Gasteiger partial charge in [-0.15, -0.1) is 0 Å². The van der Waals surface area contributed by atoms with E-state index in [4.69, 9.17) is 23.2 Å². The van der Waals surface area contributed by atoms with Crippen LogP contribution in [0, 0.1) is 0 Å². The Bertz CT molecular complexity index is 584. The van der Waals surface area contributed by atoms with E-state index in [1.807, 2.05) is 18.2 Å². The van der Waals surface area contributed by atoms with Gasteiger partial charge in [-0.05, 0) is 48.4 Å². The lowest BCUT2D eigenvalue weighted by Gasteiger charge is -2.18. The van der Waals surface area contributed by atoms with Gasteiger partial charge in [0.2, 0.25) is 0 Å². The van der Waals surface area contributed by atoms with E-state index in [1.54, 1.807) is 0 Å². The number of likely N-dealkylation sites (N-methyl/N-ethyl adjacent to an activating group) is 1. The summed E-state index contributed by atoms with van der Waals surface area (Å²) in [6.45, 7) is 4.03. The molecule has 0 aromatic heterocycles. The molecule has 1 nitrogen and oxygen atoms in total. The summed E-state index contributed by atoms with van der Waals surface area (Å²) in [5, 5.41) is 4.66. The summed E-state index contributed by atoms with van der Waals surface area (Å²) < 4.78 is 1.10. The van der Waals surface area contributed by atoms with E-state index < -0.39 is 0 Å². The summed E-state index contributed by atoms with van der Waals surface area (Å²) in [7, 11) is 0. The van der Waals surface area contributed by atoms with Crippen molar-refractivity contribution in [3.8, 4) is 0 Å². The van der Waals surface area contributed by atoms with Crippen molar-refractivity contribution < 1.29 is 0 Å². The van der Waals surface area contributed by atoms with Gasteiger partial charge >= 0.3 is 0 Å². The van der Waals surface area contributed by atoms with E-state index in [-0.39, 0.29) is 0 Å². The third kappa shape index (κ3) is 5.00. The van der Waals surface area contributed by atoms with Crippen LogP contribution in [0.15, 0.2) is 46.9 Å². The summed E-state index contributed by atoms with van der Waals surface area (Å²) in [5.41, 5.74) is 2.53. The highest BCUT2D eigenvalue weighted by Gasteiger charge is 2.13. The standard InChI is InChI=1S/C17H18BrCl2N/c1-2-21-11-14(13-4-6-15(18)7-5-13)9-12-3-8-16(19)17(20)10-12/h3-8,10,14,21H,2,9,11H2,1H3. The first-order chi connectivity index (χ1) is 10.1. The maximum Gasteiger partial charge on any atom is 0.0595 e. The normalized spacial score (nSPS) is 12.4. The van der Waals surface area contributed by atoms with E-state index in [1.165, 1.54) is 11.1 Å². The van der Waals surface area contributed by atoms with Crippen LogP contribution in [0.1, 0.15) is 24.0 Å². The minimum atomic E-state index is 0.412. The van der Waals surface area contributed by atoms with Crippen LogP contribution in [0.2, 0.25) is 10.0 Å². The fourth-order valence-corrected chi connectivity index (χ4v) is 2.90.